The van der Waals surface area contributed by atoms with Gasteiger partial charge in [-0.25, -0.2) is 0 Å². The summed E-state index contributed by atoms with van der Waals surface area (Å²) in [7, 11) is 2.20. The van der Waals surface area contributed by atoms with Gasteiger partial charge in [-0.1, -0.05) is 56.3 Å². The molecule has 0 aliphatic carbocycles. The molecule has 2 aromatic heterocycles. The molecule has 170 valence electrons. The molecule has 4 heteroatoms. The Morgan fingerprint density at radius 3 is 2.47 bits per heavy atom. The topological polar surface area (TPSA) is 41.1 Å². The second kappa shape index (κ2) is 11.3. The van der Waals surface area contributed by atoms with Crippen molar-refractivity contribution in [3.63, 3.8) is 0 Å². The molecule has 3 aromatic rings. The summed E-state index contributed by atoms with van der Waals surface area (Å²) in [5.74, 6) is 0. The molecule has 4 nitrogen and oxygen atoms in total. The maximum absolute atomic E-state index is 4.76. The average Bonchev–Trinajstić information content (AvgIpc) is 2.78. The minimum atomic E-state index is -0.0717. The van der Waals surface area contributed by atoms with E-state index >= 15 is 0 Å². The first-order chi connectivity index (χ1) is 15.4. The van der Waals surface area contributed by atoms with Gasteiger partial charge >= 0.3 is 0 Å². The van der Waals surface area contributed by atoms with Gasteiger partial charge in [-0.15, -0.1) is 0 Å². The van der Waals surface area contributed by atoms with Crippen LogP contribution in [0.5, 0.6) is 0 Å². The van der Waals surface area contributed by atoms with Crippen LogP contribution in [-0.4, -0.2) is 35.0 Å². The quantitative estimate of drug-likeness (QED) is 0.412. The van der Waals surface area contributed by atoms with Crippen molar-refractivity contribution in [2.75, 3.05) is 20.1 Å². The smallest absolute Gasteiger partial charge is 0.0584 e. The minimum Gasteiger partial charge on any atom is -0.311 e. The van der Waals surface area contributed by atoms with Crippen LogP contribution in [0.4, 0.5) is 0 Å². The lowest BCUT2D eigenvalue weighted by atomic mass is 9.77. The van der Waals surface area contributed by atoms with Gasteiger partial charge in [0.2, 0.25) is 0 Å². The lowest BCUT2D eigenvalue weighted by Gasteiger charge is -2.29. The van der Waals surface area contributed by atoms with Gasteiger partial charge in [0, 0.05) is 30.9 Å². The molecule has 32 heavy (non-hydrogen) atoms. The summed E-state index contributed by atoms with van der Waals surface area (Å²) in [6.07, 6.45) is 6.18. The van der Waals surface area contributed by atoms with Crippen molar-refractivity contribution in [2.45, 2.75) is 59.0 Å². The van der Waals surface area contributed by atoms with Gasteiger partial charge in [0.25, 0.3) is 0 Å². The first-order valence-electron chi connectivity index (χ1n) is 11.7. The monoisotopic (exact) mass is 430 g/mol. The molecule has 0 bridgehead atoms. The van der Waals surface area contributed by atoms with Crippen LogP contribution in [0.25, 0.3) is 0 Å². The highest BCUT2D eigenvalue weighted by Gasteiger charge is 2.26. The van der Waals surface area contributed by atoms with Crippen molar-refractivity contribution in [3.05, 3.63) is 94.6 Å². The molecule has 0 saturated heterocycles. The van der Waals surface area contributed by atoms with E-state index in [9.17, 15) is 0 Å². The third-order valence-corrected chi connectivity index (χ3v) is 6.24. The van der Waals surface area contributed by atoms with E-state index in [4.69, 9.17) is 4.98 Å². The number of aryl methyl sites for hydroxylation is 2. The van der Waals surface area contributed by atoms with Gasteiger partial charge in [0.05, 0.1) is 11.4 Å². The summed E-state index contributed by atoms with van der Waals surface area (Å²) in [4.78, 5) is 11.7. The number of hydrogen-bond acceptors (Lipinski definition) is 4. The number of rotatable bonds is 11. The maximum atomic E-state index is 4.76. The molecular formula is C28H38N4. The molecule has 3 rings (SSSR count). The van der Waals surface area contributed by atoms with Crippen molar-refractivity contribution in [1.82, 2.24) is 20.2 Å². The van der Waals surface area contributed by atoms with E-state index < -0.39 is 0 Å². The lowest BCUT2D eigenvalue weighted by Crippen LogP contribution is -2.26. The molecular weight excluding hydrogens is 392 g/mol. The van der Waals surface area contributed by atoms with Crippen LogP contribution >= 0.6 is 0 Å². The molecule has 0 fully saturated rings. The predicted molar refractivity (Wildman–Crippen MR) is 134 cm³/mol. The second-order valence-electron chi connectivity index (χ2n) is 9.39. The maximum Gasteiger partial charge on any atom is 0.0584 e. The minimum absolute atomic E-state index is 0.0717. The summed E-state index contributed by atoms with van der Waals surface area (Å²) < 4.78 is 0. The van der Waals surface area contributed by atoms with Crippen LogP contribution in [0.15, 0.2) is 60.9 Å². The van der Waals surface area contributed by atoms with Gasteiger partial charge in [-0.2, -0.15) is 0 Å². The highest BCUT2D eigenvalue weighted by Crippen LogP contribution is 2.33. The van der Waals surface area contributed by atoms with Crippen LogP contribution < -0.4 is 5.32 Å². The Balaban J connectivity index is 1.47. The number of hydrogen-bond donors (Lipinski definition) is 1. The van der Waals surface area contributed by atoms with E-state index in [0.717, 1.165) is 44.7 Å². The fraction of sp³-hybridized carbons (Fsp3) is 0.429. The Labute approximate surface area is 194 Å². The van der Waals surface area contributed by atoms with E-state index in [1.54, 1.807) is 0 Å². The number of aromatic nitrogens is 2. The fourth-order valence-electron chi connectivity index (χ4n) is 4.25. The Morgan fingerprint density at radius 2 is 1.72 bits per heavy atom. The molecule has 1 N–H and O–H groups in total. The van der Waals surface area contributed by atoms with Gasteiger partial charge in [-0.05, 0) is 75.1 Å². The second-order valence-corrected chi connectivity index (χ2v) is 9.39. The molecule has 0 atom stereocenters. The van der Waals surface area contributed by atoms with Crippen LogP contribution in [0.3, 0.4) is 0 Å². The van der Waals surface area contributed by atoms with Crippen LogP contribution in [-0.2, 0) is 18.5 Å². The molecule has 0 spiro atoms. The number of benzene rings is 1. The van der Waals surface area contributed by atoms with Gasteiger partial charge in [0.1, 0.15) is 0 Å². The van der Waals surface area contributed by atoms with Crippen molar-refractivity contribution >= 4 is 0 Å². The zero-order valence-electron chi connectivity index (χ0n) is 20.4. The molecule has 0 saturated carbocycles. The molecule has 2 heterocycles. The third-order valence-electron chi connectivity index (χ3n) is 6.24. The summed E-state index contributed by atoms with van der Waals surface area (Å²) >= 11 is 0. The number of nitrogens with zero attached hydrogens (tertiary/aromatic N) is 3. The van der Waals surface area contributed by atoms with Gasteiger partial charge < -0.3 is 10.2 Å². The Bertz CT molecular complexity index is 982. The van der Waals surface area contributed by atoms with E-state index in [0.29, 0.717) is 0 Å². The Morgan fingerprint density at radius 1 is 0.938 bits per heavy atom. The van der Waals surface area contributed by atoms with E-state index in [1.807, 2.05) is 12.4 Å². The van der Waals surface area contributed by atoms with Crippen LogP contribution in [0.2, 0.25) is 0 Å². The normalized spacial score (nSPS) is 11.8. The third kappa shape index (κ3) is 6.47. The molecule has 0 aliphatic heterocycles. The van der Waals surface area contributed by atoms with Crippen molar-refractivity contribution in [3.8, 4) is 0 Å². The zero-order chi connectivity index (χ0) is 23.0. The van der Waals surface area contributed by atoms with E-state index in [1.165, 1.54) is 27.9 Å². The fourth-order valence-corrected chi connectivity index (χ4v) is 4.25. The van der Waals surface area contributed by atoms with E-state index in [-0.39, 0.29) is 5.41 Å². The largest absolute Gasteiger partial charge is 0.311 e. The summed E-state index contributed by atoms with van der Waals surface area (Å²) in [6.45, 7) is 12.6. The summed E-state index contributed by atoms with van der Waals surface area (Å²) in [6, 6.07) is 17.2. The molecule has 0 unspecified atom stereocenters. The molecule has 0 aliphatic rings. The number of pyridine rings is 2. The SMILES string of the molecule is Cc1cnc(CNCCCCN(C)Cc2ncccc2C(C)(C)c2ccccc2)c(C)c1. The van der Waals surface area contributed by atoms with Crippen molar-refractivity contribution in [2.24, 2.45) is 0 Å². The average molecular weight is 431 g/mol. The standard InChI is InChI=1S/C28H38N4/c1-22-18-23(2)26(31-19-22)20-29-15-9-10-17-32(5)21-27-25(14-11-16-30-27)28(3,4)24-12-7-6-8-13-24/h6-8,11-14,16,18-19,29H,9-10,15,17,20-21H2,1-5H3. The summed E-state index contributed by atoms with van der Waals surface area (Å²) in [5, 5.41) is 3.54. The van der Waals surface area contributed by atoms with Crippen molar-refractivity contribution < 1.29 is 0 Å². The van der Waals surface area contributed by atoms with E-state index in [2.05, 4.69) is 98.5 Å². The van der Waals surface area contributed by atoms with Crippen molar-refractivity contribution in [1.29, 1.82) is 0 Å². The number of nitrogens with one attached hydrogen (secondary N) is 1. The van der Waals surface area contributed by atoms with Crippen LogP contribution in [0.1, 0.15) is 60.3 Å². The first kappa shape index (κ1) is 24.1. The predicted octanol–water partition coefficient (Wildman–Crippen LogP) is 5.42. The first-order valence-corrected chi connectivity index (χ1v) is 11.7. The van der Waals surface area contributed by atoms with Crippen LogP contribution in [0, 0.1) is 13.8 Å². The highest BCUT2D eigenvalue weighted by molar-refractivity contribution is 5.39. The molecule has 1 aromatic carbocycles. The van der Waals surface area contributed by atoms with Gasteiger partial charge in [0.15, 0.2) is 0 Å². The zero-order valence-corrected chi connectivity index (χ0v) is 20.4. The highest BCUT2D eigenvalue weighted by atomic mass is 15.1. The molecule has 0 amide bonds. The number of unbranched alkanes of at least 4 members (excludes halogenated alkanes) is 1. The molecule has 0 radical (unpaired) electrons. The Hall–Kier alpha value is -2.56. The van der Waals surface area contributed by atoms with Gasteiger partial charge in [-0.3, -0.25) is 9.97 Å². The Kier molecular flexibility index (Phi) is 8.54. The lowest BCUT2D eigenvalue weighted by molar-refractivity contribution is 0.311. The summed E-state index contributed by atoms with van der Waals surface area (Å²) in [5.41, 5.74) is 7.36.